The molecule has 1 aliphatic rings. The zero-order valence-corrected chi connectivity index (χ0v) is 15.8. The van der Waals surface area contributed by atoms with E-state index in [4.69, 9.17) is 22.7 Å². The van der Waals surface area contributed by atoms with Crippen LogP contribution in [0.2, 0.25) is 0 Å². The Balaban J connectivity index is 2.06. The van der Waals surface area contributed by atoms with Gasteiger partial charge in [-0.05, 0) is 66.8 Å². The molecule has 2 aromatic rings. The molecule has 0 aliphatic heterocycles. The Morgan fingerprint density at radius 1 is 1.31 bits per heavy atom. The number of hydrogen-bond donors (Lipinski definition) is 1. The Labute approximate surface area is 159 Å². The van der Waals surface area contributed by atoms with Gasteiger partial charge in [0.1, 0.15) is 0 Å². The van der Waals surface area contributed by atoms with E-state index in [1.54, 1.807) is 13.2 Å². The summed E-state index contributed by atoms with van der Waals surface area (Å²) < 4.78 is 5.54. The lowest BCUT2D eigenvalue weighted by atomic mass is 9.84. The third kappa shape index (κ3) is 4.17. The van der Waals surface area contributed by atoms with Crippen LogP contribution in [0.15, 0.2) is 36.4 Å². The zero-order valence-electron chi connectivity index (χ0n) is 15.0. The van der Waals surface area contributed by atoms with Crippen LogP contribution in [0.3, 0.4) is 0 Å². The summed E-state index contributed by atoms with van der Waals surface area (Å²) in [6, 6.07) is 9.97. The summed E-state index contributed by atoms with van der Waals surface area (Å²) in [4.78, 5) is 17.9. The number of nitrogens with two attached hydrogens (primary N) is 1. The van der Waals surface area contributed by atoms with E-state index in [1.165, 1.54) is 0 Å². The van der Waals surface area contributed by atoms with Gasteiger partial charge in [0.25, 0.3) is 0 Å². The molecule has 26 heavy (non-hydrogen) atoms. The van der Waals surface area contributed by atoms with Gasteiger partial charge < -0.3 is 10.5 Å². The van der Waals surface area contributed by atoms with Crippen molar-refractivity contribution in [2.24, 2.45) is 11.7 Å². The van der Waals surface area contributed by atoms with E-state index in [1.807, 2.05) is 24.3 Å². The van der Waals surface area contributed by atoms with Gasteiger partial charge in [0, 0.05) is 17.4 Å². The topological polar surface area (TPSA) is 65.2 Å². The second kappa shape index (κ2) is 8.52. The lowest BCUT2D eigenvalue weighted by Gasteiger charge is -2.23. The van der Waals surface area contributed by atoms with Crippen molar-refractivity contribution in [3.8, 4) is 5.88 Å². The predicted molar refractivity (Wildman–Crippen MR) is 110 cm³/mol. The maximum atomic E-state index is 12.3. The van der Waals surface area contributed by atoms with Gasteiger partial charge in [0.2, 0.25) is 5.88 Å². The molecule has 0 amide bonds. The molecule has 0 saturated heterocycles. The van der Waals surface area contributed by atoms with Crippen LogP contribution in [-0.2, 0) is 4.79 Å². The van der Waals surface area contributed by atoms with Gasteiger partial charge in [-0.25, -0.2) is 4.98 Å². The minimum Gasteiger partial charge on any atom is -0.481 e. The van der Waals surface area contributed by atoms with Gasteiger partial charge in [-0.1, -0.05) is 30.4 Å². The fraction of sp³-hybridized carbons (Fsp3) is 0.381. The van der Waals surface area contributed by atoms with Crippen molar-refractivity contribution in [1.29, 1.82) is 0 Å². The number of carbonyl (C=O) groups excluding carboxylic acids is 1. The second-order valence-electron chi connectivity index (χ2n) is 6.67. The first-order valence-electron chi connectivity index (χ1n) is 9.02. The highest BCUT2D eigenvalue weighted by molar-refractivity contribution is 7.80. The average Bonchev–Trinajstić information content (AvgIpc) is 2.66. The highest BCUT2D eigenvalue weighted by Gasteiger charge is 2.23. The number of allylic oxidation sites excluding steroid dienone is 2. The standard InChI is InChI=1S/C21H24N2O2S/c1-25-21-18(13-14-5-2-3-7-19(14)23-21)16-11-15(6-4-10-22)20(26)9-8-17(24)12-16/h2-3,5,7,12-13,15H,4,6,8-11,22H2,1H3. The summed E-state index contributed by atoms with van der Waals surface area (Å²) in [5, 5.41) is 1.03. The van der Waals surface area contributed by atoms with E-state index >= 15 is 0 Å². The largest absolute Gasteiger partial charge is 0.481 e. The molecule has 4 nitrogen and oxygen atoms in total. The first-order chi connectivity index (χ1) is 12.6. The van der Waals surface area contributed by atoms with Crippen LogP contribution in [-0.4, -0.2) is 29.3 Å². The molecule has 136 valence electrons. The number of fused-ring (bicyclic) bond motifs is 1. The van der Waals surface area contributed by atoms with Crippen LogP contribution in [0.1, 0.15) is 37.7 Å². The molecule has 0 saturated carbocycles. The number of hydrogen-bond acceptors (Lipinski definition) is 5. The number of aromatic nitrogens is 1. The number of benzene rings is 1. The maximum absolute atomic E-state index is 12.3. The Hall–Kier alpha value is -2.11. The van der Waals surface area contributed by atoms with Crippen molar-refractivity contribution in [2.75, 3.05) is 13.7 Å². The molecule has 1 aliphatic carbocycles. The van der Waals surface area contributed by atoms with E-state index in [0.717, 1.165) is 46.2 Å². The predicted octanol–water partition coefficient (Wildman–Crippen LogP) is 4.10. The van der Waals surface area contributed by atoms with E-state index in [-0.39, 0.29) is 11.7 Å². The highest BCUT2D eigenvalue weighted by Crippen LogP contribution is 2.35. The minimum atomic E-state index is 0.106. The Kier molecular flexibility index (Phi) is 6.12. The van der Waals surface area contributed by atoms with Gasteiger partial charge in [0.05, 0.1) is 12.6 Å². The fourth-order valence-electron chi connectivity index (χ4n) is 3.45. The molecule has 1 atom stereocenters. The van der Waals surface area contributed by atoms with E-state index in [9.17, 15) is 4.79 Å². The van der Waals surface area contributed by atoms with Crippen LogP contribution >= 0.6 is 12.2 Å². The molecule has 0 fully saturated rings. The molecular weight excluding hydrogens is 344 g/mol. The van der Waals surface area contributed by atoms with Crippen LogP contribution in [0, 0.1) is 5.92 Å². The lowest BCUT2D eigenvalue weighted by molar-refractivity contribution is -0.114. The molecule has 1 aromatic heterocycles. The molecule has 2 N–H and O–H groups in total. The molecule has 3 rings (SSSR count). The highest BCUT2D eigenvalue weighted by atomic mass is 32.1. The van der Waals surface area contributed by atoms with Gasteiger partial charge in [0.15, 0.2) is 5.78 Å². The Morgan fingerprint density at radius 3 is 2.88 bits per heavy atom. The van der Waals surface area contributed by atoms with Crippen LogP contribution in [0.25, 0.3) is 16.5 Å². The number of rotatable bonds is 5. The lowest BCUT2D eigenvalue weighted by Crippen LogP contribution is -2.18. The van der Waals surface area contributed by atoms with E-state index < -0.39 is 0 Å². The van der Waals surface area contributed by atoms with Crippen molar-refractivity contribution < 1.29 is 9.53 Å². The summed E-state index contributed by atoms with van der Waals surface area (Å²) in [6.07, 6.45) is 5.50. The van der Waals surface area contributed by atoms with Crippen LogP contribution in [0.4, 0.5) is 0 Å². The van der Waals surface area contributed by atoms with Crippen LogP contribution in [0.5, 0.6) is 5.88 Å². The van der Waals surface area contributed by atoms with Crippen molar-refractivity contribution >= 4 is 39.3 Å². The summed E-state index contributed by atoms with van der Waals surface area (Å²) in [6.45, 7) is 0.651. The van der Waals surface area contributed by atoms with Crippen molar-refractivity contribution in [1.82, 2.24) is 4.98 Å². The molecule has 0 spiro atoms. The monoisotopic (exact) mass is 368 g/mol. The molecule has 0 bridgehead atoms. The third-order valence-electron chi connectivity index (χ3n) is 4.86. The summed E-state index contributed by atoms with van der Waals surface area (Å²) in [5.41, 5.74) is 8.40. The number of thiocarbonyl (C=S) groups is 1. The van der Waals surface area contributed by atoms with Gasteiger partial charge in [-0.2, -0.15) is 0 Å². The summed E-state index contributed by atoms with van der Waals surface area (Å²) in [5.74, 6) is 0.908. The Morgan fingerprint density at radius 2 is 2.12 bits per heavy atom. The molecule has 5 heteroatoms. The molecule has 0 radical (unpaired) electrons. The van der Waals surface area contributed by atoms with Crippen molar-refractivity contribution in [2.45, 2.75) is 32.1 Å². The van der Waals surface area contributed by atoms with Gasteiger partial charge in [-0.3, -0.25) is 4.79 Å². The number of para-hydroxylation sites is 1. The van der Waals surface area contributed by atoms with Gasteiger partial charge in [-0.15, -0.1) is 0 Å². The normalized spacial score (nSPS) is 18.4. The maximum Gasteiger partial charge on any atom is 0.221 e. The third-order valence-corrected chi connectivity index (χ3v) is 5.40. The number of ether oxygens (including phenoxy) is 1. The molecule has 1 aromatic carbocycles. The molecule has 1 unspecified atom stereocenters. The first kappa shape index (κ1) is 18.7. The SMILES string of the molecule is COc1nc2ccccc2cc1C1=CC(=O)CCC(=S)C(CCCN)C1. The van der Waals surface area contributed by atoms with E-state index in [2.05, 4.69) is 11.1 Å². The second-order valence-corrected chi connectivity index (χ2v) is 7.20. The number of nitrogens with zero attached hydrogens (tertiary/aromatic N) is 1. The fourth-order valence-corrected chi connectivity index (χ4v) is 3.76. The summed E-state index contributed by atoms with van der Waals surface area (Å²) >= 11 is 5.61. The molecular formula is C21H24N2O2S. The van der Waals surface area contributed by atoms with Gasteiger partial charge >= 0.3 is 0 Å². The van der Waals surface area contributed by atoms with E-state index in [0.29, 0.717) is 25.3 Å². The van der Waals surface area contributed by atoms with Crippen molar-refractivity contribution in [3.05, 3.63) is 42.0 Å². The molecule has 1 heterocycles. The first-order valence-corrected chi connectivity index (χ1v) is 9.43. The average molecular weight is 369 g/mol. The van der Waals surface area contributed by atoms with Crippen LogP contribution < -0.4 is 10.5 Å². The minimum absolute atomic E-state index is 0.106. The number of pyridine rings is 1. The van der Waals surface area contributed by atoms with Crippen molar-refractivity contribution in [3.63, 3.8) is 0 Å². The zero-order chi connectivity index (χ0) is 18.5. The smallest absolute Gasteiger partial charge is 0.221 e. The number of carbonyl (C=O) groups is 1. The quantitative estimate of drug-likeness (QED) is 0.805. The number of methoxy groups -OCH3 is 1. The summed E-state index contributed by atoms with van der Waals surface area (Å²) in [7, 11) is 1.61. The number of ketones is 1. The Bertz CT molecular complexity index is 860.